The van der Waals surface area contributed by atoms with Gasteiger partial charge in [0.25, 0.3) is 5.91 Å². The smallest absolute Gasteiger partial charge is 0.273 e. The van der Waals surface area contributed by atoms with E-state index < -0.39 is 0 Å². The molecule has 28 heavy (non-hydrogen) atoms. The summed E-state index contributed by atoms with van der Waals surface area (Å²) < 4.78 is 1.01. The molecule has 0 fully saturated rings. The highest BCUT2D eigenvalue weighted by molar-refractivity contribution is 7.22. The van der Waals surface area contributed by atoms with Crippen molar-refractivity contribution in [2.45, 2.75) is 26.2 Å². The molecule has 0 atom stereocenters. The molecule has 2 heterocycles. The van der Waals surface area contributed by atoms with Crippen LogP contribution in [0.2, 0.25) is 0 Å². The molecule has 142 valence electrons. The third kappa shape index (κ3) is 3.41. The summed E-state index contributed by atoms with van der Waals surface area (Å²) in [5.41, 5.74) is 3.15. The molecule has 4 rings (SSSR count). The first kappa shape index (κ1) is 18.3. The first-order valence-corrected chi connectivity index (χ1v) is 10.0. The molecular formula is C21H20N4O2S. The number of hydrazone groups is 1. The first-order valence-electron chi connectivity index (χ1n) is 9.20. The number of thiazole rings is 1. The predicted octanol–water partition coefficient (Wildman–Crippen LogP) is 4.13. The molecule has 7 heteroatoms. The van der Waals surface area contributed by atoms with E-state index in [4.69, 9.17) is 0 Å². The highest BCUT2D eigenvalue weighted by Gasteiger charge is 2.29. The Balaban J connectivity index is 1.79. The highest BCUT2D eigenvalue weighted by atomic mass is 32.1. The molecule has 1 aliphatic rings. The second-order valence-electron chi connectivity index (χ2n) is 6.59. The zero-order chi connectivity index (χ0) is 19.7. The minimum atomic E-state index is -0.248. The van der Waals surface area contributed by atoms with E-state index in [1.807, 2.05) is 48.5 Å². The van der Waals surface area contributed by atoms with Gasteiger partial charge in [-0.2, -0.15) is 5.10 Å². The van der Waals surface area contributed by atoms with Crippen LogP contribution in [0.4, 0.5) is 10.8 Å². The fraction of sp³-hybridized carbons (Fsp3) is 0.238. The van der Waals surface area contributed by atoms with E-state index in [-0.39, 0.29) is 18.2 Å². The summed E-state index contributed by atoms with van der Waals surface area (Å²) in [7, 11) is 1.58. The third-order valence-corrected chi connectivity index (χ3v) is 5.76. The number of carbonyl (C=O) groups excluding carboxylic acids is 2. The molecule has 0 aliphatic carbocycles. The van der Waals surface area contributed by atoms with Crippen LogP contribution in [-0.2, 0) is 16.0 Å². The number of para-hydroxylation sites is 1. The van der Waals surface area contributed by atoms with E-state index in [2.05, 4.69) is 17.0 Å². The lowest BCUT2D eigenvalue weighted by Gasteiger charge is -2.24. The highest BCUT2D eigenvalue weighted by Crippen LogP contribution is 2.34. The van der Waals surface area contributed by atoms with Crippen molar-refractivity contribution in [3.63, 3.8) is 0 Å². The van der Waals surface area contributed by atoms with E-state index in [0.29, 0.717) is 17.3 Å². The standard InChI is InChI=1S/C21H20N4O2S/c1-3-14-8-10-15(11-9-14)25(20(27)17-12-13-19(26)24(2)23-17)21-22-16-6-4-5-7-18(16)28-21/h4-11H,3,12-13H2,1-2H3. The summed E-state index contributed by atoms with van der Waals surface area (Å²) in [4.78, 5) is 31.4. The molecule has 3 aromatic rings. The zero-order valence-electron chi connectivity index (χ0n) is 15.8. The summed E-state index contributed by atoms with van der Waals surface area (Å²) in [6.07, 6.45) is 1.54. The van der Waals surface area contributed by atoms with Gasteiger partial charge in [-0.15, -0.1) is 0 Å². The maximum absolute atomic E-state index is 13.4. The van der Waals surface area contributed by atoms with Gasteiger partial charge in [-0.1, -0.05) is 42.5 Å². The first-order chi connectivity index (χ1) is 13.6. The summed E-state index contributed by atoms with van der Waals surface area (Å²) in [6.45, 7) is 2.09. The molecule has 0 unspecified atom stereocenters. The number of fused-ring (bicyclic) bond motifs is 1. The molecule has 1 aliphatic heterocycles. The molecule has 1 aromatic heterocycles. The molecule has 0 saturated heterocycles. The van der Waals surface area contributed by atoms with Gasteiger partial charge in [-0.3, -0.25) is 14.5 Å². The van der Waals surface area contributed by atoms with Crippen molar-refractivity contribution in [2.24, 2.45) is 5.10 Å². The van der Waals surface area contributed by atoms with Crippen molar-refractivity contribution >= 4 is 49.9 Å². The monoisotopic (exact) mass is 392 g/mol. The van der Waals surface area contributed by atoms with Crippen molar-refractivity contribution in [1.82, 2.24) is 9.99 Å². The summed E-state index contributed by atoms with van der Waals surface area (Å²) >= 11 is 1.46. The molecule has 0 N–H and O–H groups in total. The van der Waals surface area contributed by atoms with Gasteiger partial charge >= 0.3 is 0 Å². The van der Waals surface area contributed by atoms with Crippen molar-refractivity contribution in [1.29, 1.82) is 0 Å². The van der Waals surface area contributed by atoms with E-state index in [1.165, 1.54) is 21.9 Å². The molecule has 0 bridgehead atoms. The lowest BCUT2D eigenvalue weighted by molar-refractivity contribution is -0.130. The fourth-order valence-electron chi connectivity index (χ4n) is 3.10. The summed E-state index contributed by atoms with van der Waals surface area (Å²) in [6, 6.07) is 15.7. The number of anilines is 2. The molecule has 6 nitrogen and oxygen atoms in total. The van der Waals surface area contributed by atoms with Crippen LogP contribution in [0.1, 0.15) is 25.3 Å². The SMILES string of the molecule is CCc1ccc(N(C(=O)C2=NN(C)C(=O)CC2)c2nc3ccccc3s2)cc1. The summed E-state index contributed by atoms with van der Waals surface area (Å²) in [5, 5.41) is 6.05. The van der Waals surface area contributed by atoms with Crippen LogP contribution >= 0.6 is 11.3 Å². The Morgan fingerprint density at radius 2 is 1.89 bits per heavy atom. The van der Waals surface area contributed by atoms with E-state index in [0.717, 1.165) is 22.3 Å². The van der Waals surface area contributed by atoms with Gasteiger partial charge in [0.1, 0.15) is 5.71 Å². The number of benzene rings is 2. The normalized spacial score (nSPS) is 14.3. The number of hydrogen-bond donors (Lipinski definition) is 0. The van der Waals surface area contributed by atoms with Gasteiger partial charge < -0.3 is 0 Å². The van der Waals surface area contributed by atoms with Crippen LogP contribution < -0.4 is 4.90 Å². The van der Waals surface area contributed by atoms with Crippen LogP contribution in [0.5, 0.6) is 0 Å². The Morgan fingerprint density at radius 3 is 2.57 bits per heavy atom. The van der Waals surface area contributed by atoms with Gasteiger partial charge in [0.15, 0.2) is 5.13 Å². The second-order valence-corrected chi connectivity index (χ2v) is 7.60. The lowest BCUT2D eigenvalue weighted by Crippen LogP contribution is -2.38. The van der Waals surface area contributed by atoms with Crippen molar-refractivity contribution in [3.8, 4) is 0 Å². The lowest BCUT2D eigenvalue weighted by atomic mass is 10.1. The van der Waals surface area contributed by atoms with Crippen LogP contribution in [-0.4, -0.2) is 34.6 Å². The number of aromatic nitrogens is 1. The van der Waals surface area contributed by atoms with Crippen LogP contribution in [0.25, 0.3) is 10.2 Å². The fourth-order valence-corrected chi connectivity index (χ4v) is 4.09. The number of aryl methyl sites for hydroxylation is 1. The summed E-state index contributed by atoms with van der Waals surface area (Å²) in [5.74, 6) is -0.335. The van der Waals surface area contributed by atoms with Crippen LogP contribution in [0, 0.1) is 0 Å². The minimum Gasteiger partial charge on any atom is -0.273 e. The van der Waals surface area contributed by atoms with Gasteiger partial charge in [0, 0.05) is 19.9 Å². The Morgan fingerprint density at radius 1 is 1.14 bits per heavy atom. The molecular weight excluding hydrogens is 372 g/mol. The zero-order valence-corrected chi connectivity index (χ0v) is 16.6. The molecule has 2 amide bonds. The number of nitrogens with zero attached hydrogens (tertiary/aromatic N) is 4. The van der Waals surface area contributed by atoms with Gasteiger partial charge in [-0.25, -0.2) is 9.99 Å². The largest absolute Gasteiger partial charge is 0.280 e. The van der Waals surface area contributed by atoms with Gasteiger partial charge in [0.2, 0.25) is 5.91 Å². The molecule has 0 spiro atoms. The predicted molar refractivity (Wildman–Crippen MR) is 112 cm³/mol. The quantitative estimate of drug-likeness (QED) is 0.670. The van der Waals surface area contributed by atoms with Crippen LogP contribution in [0.15, 0.2) is 53.6 Å². The topological polar surface area (TPSA) is 65.9 Å². The number of carbonyl (C=O) groups is 2. The van der Waals surface area contributed by atoms with Gasteiger partial charge in [-0.05, 0) is 36.2 Å². The van der Waals surface area contributed by atoms with Crippen molar-refractivity contribution in [2.75, 3.05) is 11.9 Å². The average molecular weight is 392 g/mol. The molecule has 0 radical (unpaired) electrons. The number of rotatable bonds is 4. The third-order valence-electron chi connectivity index (χ3n) is 4.73. The maximum Gasteiger partial charge on any atom is 0.280 e. The Kier molecular flexibility index (Phi) is 4.92. The van der Waals surface area contributed by atoms with Crippen LogP contribution in [0.3, 0.4) is 0 Å². The van der Waals surface area contributed by atoms with Gasteiger partial charge in [0.05, 0.1) is 15.9 Å². The number of amides is 2. The Labute approximate surface area is 167 Å². The van der Waals surface area contributed by atoms with Crippen molar-refractivity contribution in [3.05, 3.63) is 54.1 Å². The molecule has 0 saturated carbocycles. The van der Waals surface area contributed by atoms with E-state index in [9.17, 15) is 9.59 Å². The maximum atomic E-state index is 13.4. The van der Waals surface area contributed by atoms with Crippen molar-refractivity contribution < 1.29 is 9.59 Å². The Bertz CT molecular complexity index is 1040. The molecule has 2 aromatic carbocycles. The number of hydrogen-bond acceptors (Lipinski definition) is 5. The average Bonchev–Trinajstić information content (AvgIpc) is 3.14. The minimum absolute atomic E-state index is 0.0876. The van der Waals surface area contributed by atoms with E-state index >= 15 is 0 Å². The second kappa shape index (κ2) is 7.52. The van der Waals surface area contributed by atoms with E-state index in [1.54, 1.807) is 11.9 Å². The Hall–Kier alpha value is -3.06.